The van der Waals surface area contributed by atoms with Crippen molar-refractivity contribution >= 4 is 18.3 Å². The number of carbonyl (C=O) groups is 1. The summed E-state index contributed by atoms with van der Waals surface area (Å²) in [6.07, 6.45) is 2.76. The topological polar surface area (TPSA) is 46.3 Å². The van der Waals surface area contributed by atoms with Crippen molar-refractivity contribution in [2.45, 2.75) is 53.0 Å². The van der Waals surface area contributed by atoms with Crippen LogP contribution in [0.25, 0.3) is 0 Å². The Kier molecular flexibility index (Phi) is 6.49. The van der Waals surface area contributed by atoms with E-state index in [0.717, 1.165) is 25.9 Å². The van der Waals surface area contributed by atoms with E-state index in [2.05, 4.69) is 27.7 Å². The minimum atomic E-state index is 0. The third-order valence-corrected chi connectivity index (χ3v) is 3.77. The van der Waals surface area contributed by atoms with Gasteiger partial charge in [0.15, 0.2) is 0 Å². The predicted molar refractivity (Wildman–Crippen MR) is 74.3 cm³/mol. The summed E-state index contributed by atoms with van der Waals surface area (Å²) in [5, 5.41) is 0. The van der Waals surface area contributed by atoms with Gasteiger partial charge in [0.25, 0.3) is 0 Å². The molecular formula is C13H27ClN2O. The van der Waals surface area contributed by atoms with E-state index in [0.29, 0.717) is 12.3 Å². The Morgan fingerprint density at radius 1 is 1.47 bits per heavy atom. The normalized spacial score (nSPS) is 22.9. The lowest BCUT2D eigenvalue weighted by molar-refractivity contribution is -0.134. The van der Waals surface area contributed by atoms with E-state index in [1.807, 2.05) is 4.90 Å². The van der Waals surface area contributed by atoms with Gasteiger partial charge < -0.3 is 10.6 Å². The largest absolute Gasteiger partial charge is 0.341 e. The smallest absolute Gasteiger partial charge is 0.222 e. The molecule has 1 aliphatic rings. The molecule has 4 heteroatoms. The zero-order chi connectivity index (χ0) is 12.3. The summed E-state index contributed by atoms with van der Waals surface area (Å²) < 4.78 is 0. The van der Waals surface area contributed by atoms with Gasteiger partial charge in [-0.1, -0.05) is 27.7 Å². The first-order valence-electron chi connectivity index (χ1n) is 6.34. The van der Waals surface area contributed by atoms with Crippen LogP contribution >= 0.6 is 12.4 Å². The molecule has 0 bridgehead atoms. The number of hydrogen-bond donors (Lipinski definition) is 1. The van der Waals surface area contributed by atoms with Crippen LogP contribution in [-0.2, 0) is 4.79 Å². The Morgan fingerprint density at radius 3 is 2.53 bits per heavy atom. The first kappa shape index (κ1) is 16.7. The second kappa shape index (κ2) is 6.60. The van der Waals surface area contributed by atoms with Crippen LogP contribution in [0.15, 0.2) is 0 Å². The number of piperidine rings is 1. The highest BCUT2D eigenvalue weighted by atomic mass is 35.5. The highest BCUT2D eigenvalue weighted by Crippen LogP contribution is 2.28. The standard InChI is InChI=1S/C13H26N2O.ClH/c1-10(13(2,3)4)8-12(16)15-7-5-6-11(14)9-15;/h10-11H,5-9,14H2,1-4H3;1H/t10?,11-;/m1./s1. The van der Waals surface area contributed by atoms with Crippen LogP contribution in [0.3, 0.4) is 0 Å². The lowest BCUT2D eigenvalue weighted by Gasteiger charge is -2.33. The number of amides is 1. The summed E-state index contributed by atoms with van der Waals surface area (Å²) in [6.45, 7) is 10.4. The highest BCUT2D eigenvalue weighted by Gasteiger charge is 2.27. The van der Waals surface area contributed by atoms with E-state index in [9.17, 15) is 4.79 Å². The van der Waals surface area contributed by atoms with Crippen molar-refractivity contribution in [3.63, 3.8) is 0 Å². The van der Waals surface area contributed by atoms with Crippen molar-refractivity contribution in [1.29, 1.82) is 0 Å². The fourth-order valence-corrected chi connectivity index (χ4v) is 1.93. The van der Waals surface area contributed by atoms with E-state index in [1.54, 1.807) is 0 Å². The summed E-state index contributed by atoms with van der Waals surface area (Å²) >= 11 is 0. The molecule has 17 heavy (non-hydrogen) atoms. The maximum absolute atomic E-state index is 12.1. The molecule has 1 amide bonds. The molecule has 0 aromatic rings. The van der Waals surface area contributed by atoms with Gasteiger partial charge >= 0.3 is 0 Å². The first-order chi connectivity index (χ1) is 7.30. The van der Waals surface area contributed by atoms with E-state index >= 15 is 0 Å². The van der Waals surface area contributed by atoms with Crippen LogP contribution < -0.4 is 5.73 Å². The van der Waals surface area contributed by atoms with Crippen LogP contribution in [0, 0.1) is 11.3 Å². The molecule has 1 heterocycles. The summed E-state index contributed by atoms with van der Waals surface area (Å²) in [4.78, 5) is 14.0. The molecule has 1 saturated heterocycles. The van der Waals surface area contributed by atoms with Crippen molar-refractivity contribution in [1.82, 2.24) is 4.90 Å². The lowest BCUT2D eigenvalue weighted by atomic mass is 9.80. The summed E-state index contributed by atoms with van der Waals surface area (Å²) in [5.41, 5.74) is 6.09. The zero-order valence-electron chi connectivity index (χ0n) is 11.5. The maximum Gasteiger partial charge on any atom is 0.222 e. The SMILES string of the molecule is CC(CC(=O)N1CCC[C@@H](N)C1)C(C)(C)C.Cl. The molecule has 2 atom stereocenters. The molecule has 0 aromatic carbocycles. The number of hydrogen-bond acceptors (Lipinski definition) is 2. The molecule has 0 spiro atoms. The molecule has 1 rings (SSSR count). The van der Waals surface area contributed by atoms with E-state index < -0.39 is 0 Å². The molecule has 1 unspecified atom stereocenters. The van der Waals surface area contributed by atoms with Gasteiger partial charge in [-0.3, -0.25) is 4.79 Å². The third-order valence-electron chi connectivity index (χ3n) is 3.77. The van der Waals surface area contributed by atoms with Crippen molar-refractivity contribution in [3.8, 4) is 0 Å². The van der Waals surface area contributed by atoms with Crippen molar-refractivity contribution < 1.29 is 4.79 Å². The molecule has 0 saturated carbocycles. The average Bonchev–Trinajstić information content (AvgIpc) is 2.16. The quantitative estimate of drug-likeness (QED) is 0.831. The Balaban J connectivity index is 0.00000256. The van der Waals surface area contributed by atoms with E-state index in [1.165, 1.54) is 0 Å². The van der Waals surface area contributed by atoms with E-state index in [4.69, 9.17) is 5.73 Å². The highest BCUT2D eigenvalue weighted by molar-refractivity contribution is 5.85. The molecule has 0 radical (unpaired) electrons. The van der Waals surface area contributed by atoms with Gasteiger partial charge in [0, 0.05) is 25.6 Å². The number of nitrogens with zero attached hydrogens (tertiary/aromatic N) is 1. The Morgan fingerprint density at radius 2 is 2.06 bits per heavy atom. The number of rotatable bonds is 2. The first-order valence-corrected chi connectivity index (χ1v) is 6.34. The molecule has 0 aromatic heterocycles. The Labute approximate surface area is 112 Å². The molecular weight excluding hydrogens is 236 g/mol. The van der Waals surface area contributed by atoms with Gasteiger partial charge in [-0.25, -0.2) is 0 Å². The van der Waals surface area contributed by atoms with Gasteiger partial charge in [0.05, 0.1) is 0 Å². The monoisotopic (exact) mass is 262 g/mol. The molecule has 0 aliphatic carbocycles. The van der Waals surface area contributed by atoms with Crippen LogP contribution in [0.5, 0.6) is 0 Å². The third kappa shape index (κ3) is 5.26. The summed E-state index contributed by atoms with van der Waals surface area (Å²) in [5.74, 6) is 0.690. The fraction of sp³-hybridized carbons (Fsp3) is 0.923. The van der Waals surface area contributed by atoms with Crippen LogP contribution in [0.4, 0.5) is 0 Å². The maximum atomic E-state index is 12.1. The molecule has 1 aliphatic heterocycles. The second-order valence-electron chi connectivity index (χ2n) is 6.21. The number of halogens is 1. The Hall–Kier alpha value is -0.280. The molecule has 2 N–H and O–H groups in total. The van der Waals surface area contributed by atoms with Gasteiger partial charge in [-0.15, -0.1) is 12.4 Å². The molecule has 102 valence electrons. The van der Waals surface area contributed by atoms with Crippen LogP contribution in [-0.4, -0.2) is 29.9 Å². The Bertz CT molecular complexity index is 250. The van der Waals surface area contributed by atoms with Crippen LogP contribution in [0.1, 0.15) is 47.0 Å². The van der Waals surface area contributed by atoms with Crippen molar-refractivity contribution in [3.05, 3.63) is 0 Å². The fourth-order valence-electron chi connectivity index (χ4n) is 1.93. The number of carbonyl (C=O) groups excluding carboxylic acids is 1. The van der Waals surface area contributed by atoms with Crippen molar-refractivity contribution in [2.24, 2.45) is 17.1 Å². The predicted octanol–water partition coefficient (Wildman–Crippen LogP) is 2.43. The van der Waals surface area contributed by atoms with Crippen LogP contribution in [0.2, 0.25) is 0 Å². The van der Waals surface area contributed by atoms with Gasteiger partial charge in [-0.2, -0.15) is 0 Å². The van der Waals surface area contributed by atoms with Gasteiger partial charge in [0.1, 0.15) is 0 Å². The minimum Gasteiger partial charge on any atom is -0.341 e. The summed E-state index contributed by atoms with van der Waals surface area (Å²) in [6, 6.07) is 0.183. The minimum absolute atomic E-state index is 0. The number of nitrogens with two attached hydrogens (primary N) is 1. The average molecular weight is 263 g/mol. The van der Waals surface area contributed by atoms with Gasteiger partial charge in [0.2, 0.25) is 5.91 Å². The van der Waals surface area contributed by atoms with Gasteiger partial charge in [-0.05, 0) is 24.2 Å². The molecule has 3 nitrogen and oxygen atoms in total. The molecule has 1 fully saturated rings. The zero-order valence-corrected chi connectivity index (χ0v) is 12.3. The number of likely N-dealkylation sites (tertiary alicyclic amines) is 1. The second-order valence-corrected chi connectivity index (χ2v) is 6.21. The summed E-state index contributed by atoms with van der Waals surface area (Å²) in [7, 11) is 0. The van der Waals surface area contributed by atoms with Crippen molar-refractivity contribution in [2.75, 3.05) is 13.1 Å². The van der Waals surface area contributed by atoms with E-state index in [-0.39, 0.29) is 29.8 Å². The lowest BCUT2D eigenvalue weighted by Crippen LogP contribution is -2.46.